The molecule has 2 unspecified atom stereocenters. The molecule has 2 aliphatic rings. The third-order valence-electron chi connectivity index (χ3n) is 4.48. The van der Waals surface area contributed by atoms with Crippen molar-refractivity contribution in [1.29, 1.82) is 0 Å². The van der Waals surface area contributed by atoms with E-state index < -0.39 is 0 Å². The Hall–Kier alpha value is -0.0800. The molecule has 2 rings (SSSR count). The Bertz CT molecular complexity index is 201. The van der Waals surface area contributed by atoms with E-state index in [0.717, 1.165) is 31.0 Å². The molecule has 0 radical (unpaired) electrons. The van der Waals surface area contributed by atoms with Gasteiger partial charge in [0.05, 0.1) is 0 Å². The average Bonchev–Trinajstić information content (AvgIpc) is 2.36. The molecule has 0 aliphatic carbocycles. The molecule has 0 bridgehead atoms. The summed E-state index contributed by atoms with van der Waals surface area (Å²) in [5.41, 5.74) is 0. The number of ether oxygens (including phenoxy) is 1. The molecule has 2 atom stereocenters. The van der Waals surface area contributed by atoms with Crippen molar-refractivity contribution < 1.29 is 4.74 Å². The van der Waals surface area contributed by atoms with Crippen molar-refractivity contribution in [1.82, 2.24) is 5.32 Å². The second-order valence-electron chi connectivity index (χ2n) is 6.21. The predicted octanol–water partition coefficient (Wildman–Crippen LogP) is 3.22. The smallest absolute Gasteiger partial charge is 0.0468 e. The Kier molecular flexibility index (Phi) is 5.79. The van der Waals surface area contributed by atoms with Gasteiger partial charge >= 0.3 is 0 Å². The largest absolute Gasteiger partial charge is 0.381 e. The fourth-order valence-corrected chi connectivity index (χ4v) is 3.39. The third kappa shape index (κ3) is 4.97. The Morgan fingerprint density at radius 1 is 1.00 bits per heavy atom. The molecule has 100 valence electrons. The highest BCUT2D eigenvalue weighted by Gasteiger charge is 2.18. The molecule has 2 aliphatic heterocycles. The normalized spacial score (nSPS) is 31.6. The van der Waals surface area contributed by atoms with Crippen molar-refractivity contribution in [3.8, 4) is 0 Å². The van der Waals surface area contributed by atoms with E-state index in [1.54, 1.807) is 0 Å². The van der Waals surface area contributed by atoms with Crippen molar-refractivity contribution in [3.63, 3.8) is 0 Å². The molecule has 17 heavy (non-hydrogen) atoms. The minimum Gasteiger partial charge on any atom is -0.381 e. The molecule has 1 N–H and O–H groups in total. The van der Waals surface area contributed by atoms with Gasteiger partial charge in [0.25, 0.3) is 0 Å². The first-order chi connectivity index (χ1) is 8.34. The van der Waals surface area contributed by atoms with Gasteiger partial charge in [0.2, 0.25) is 0 Å². The highest BCUT2D eigenvalue weighted by molar-refractivity contribution is 4.74. The van der Waals surface area contributed by atoms with Crippen molar-refractivity contribution in [3.05, 3.63) is 0 Å². The Balaban J connectivity index is 1.50. The molecule has 2 heterocycles. The first kappa shape index (κ1) is 13.4. The van der Waals surface area contributed by atoms with Crippen LogP contribution in [0.25, 0.3) is 0 Å². The van der Waals surface area contributed by atoms with E-state index >= 15 is 0 Å². The monoisotopic (exact) mass is 239 g/mol. The molecule has 0 aromatic heterocycles. The van der Waals surface area contributed by atoms with Crippen LogP contribution in [0, 0.1) is 17.8 Å². The number of piperidine rings is 1. The van der Waals surface area contributed by atoms with E-state index in [0.29, 0.717) is 0 Å². The minimum absolute atomic E-state index is 0.893. The van der Waals surface area contributed by atoms with Gasteiger partial charge in [-0.3, -0.25) is 0 Å². The molecule has 2 nitrogen and oxygen atoms in total. The predicted molar refractivity (Wildman–Crippen MR) is 72.2 cm³/mol. The zero-order chi connectivity index (χ0) is 11.9. The minimum atomic E-state index is 0.893. The number of nitrogens with one attached hydrogen (secondary N) is 1. The second-order valence-corrected chi connectivity index (χ2v) is 6.21. The van der Waals surface area contributed by atoms with Crippen molar-refractivity contribution in [2.24, 2.45) is 17.8 Å². The van der Waals surface area contributed by atoms with Crippen LogP contribution < -0.4 is 5.32 Å². The third-order valence-corrected chi connectivity index (χ3v) is 4.48. The summed E-state index contributed by atoms with van der Waals surface area (Å²) in [5, 5.41) is 3.56. The molecular weight excluding hydrogens is 210 g/mol. The highest BCUT2D eigenvalue weighted by Crippen LogP contribution is 2.24. The van der Waals surface area contributed by atoms with Gasteiger partial charge in [-0.1, -0.05) is 26.2 Å². The lowest BCUT2D eigenvalue weighted by molar-refractivity contribution is 0.0629. The van der Waals surface area contributed by atoms with E-state index in [1.165, 1.54) is 58.0 Å². The van der Waals surface area contributed by atoms with Crippen LogP contribution in [0.5, 0.6) is 0 Å². The number of rotatable bonds is 5. The van der Waals surface area contributed by atoms with Crippen molar-refractivity contribution in [2.75, 3.05) is 26.3 Å². The number of unbranched alkanes of at least 4 members (excludes halogenated alkanes) is 1. The summed E-state index contributed by atoms with van der Waals surface area (Å²) < 4.78 is 5.40. The first-order valence-corrected chi connectivity index (χ1v) is 7.63. The molecule has 2 heteroatoms. The lowest BCUT2D eigenvalue weighted by Gasteiger charge is -2.28. The Morgan fingerprint density at radius 3 is 2.41 bits per heavy atom. The van der Waals surface area contributed by atoms with Gasteiger partial charge in [0.15, 0.2) is 0 Å². The van der Waals surface area contributed by atoms with E-state index in [-0.39, 0.29) is 0 Å². The maximum atomic E-state index is 5.40. The SMILES string of the molecule is CC1CNCC(CCCCC2CCOCC2)C1. The number of hydrogen-bond donors (Lipinski definition) is 1. The molecule has 0 amide bonds. The zero-order valence-electron chi connectivity index (χ0n) is 11.4. The standard InChI is InChI=1S/C15H29NO/c1-13-10-15(12-16-11-13)5-3-2-4-14-6-8-17-9-7-14/h13-16H,2-12H2,1H3. The summed E-state index contributed by atoms with van der Waals surface area (Å²) in [5.74, 6) is 2.81. The van der Waals surface area contributed by atoms with Crippen LogP contribution >= 0.6 is 0 Å². The van der Waals surface area contributed by atoms with Crippen LogP contribution in [0.1, 0.15) is 51.9 Å². The fourth-order valence-electron chi connectivity index (χ4n) is 3.39. The van der Waals surface area contributed by atoms with Crippen molar-refractivity contribution >= 4 is 0 Å². The quantitative estimate of drug-likeness (QED) is 0.744. The summed E-state index contributed by atoms with van der Waals surface area (Å²) >= 11 is 0. The van der Waals surface area contributed by atoms with Crippen LogP contribution in [0.15, 0.2) is 0 Å². The molecule has 0 aromatic rings. The summed E-state index contributed by atoms with van der Waals surface area (Å²) in [6, 6.07) is 0. The van der Waals surface area contributed by atoms with Crippen LogP contribution in [-0.2, 0) is 4.74 Å². The Labute approximate surface area is 107 Å². The topological polar surface area (TPSA) is 21.3 Å². The van der Waals surface area contributed by atoms with Crippen LogP contribution in [0.4, 0.5) is 0 Å². The average molecular weight is 239 g/mol. The van der Waals surface area contributed by atoms with Crippen LogP contribution in [0.2, 0.25) is 0 Å². The molecule has 2 fully saturated rings. The maximum Gasteiger partial charge on any atom is 0.0468 e. The van der Waals surface area contributed by atoms with Gasteiger partial charge in [0, 0.05) is 13.2 Å². The molecular formula is C15H29NO. The maximum absolute atomic E-state index is 5.40. The van der Waals surface area contributed by atoms with Gasteiger partial charge in [0.1, 0.15) is 0 Å². The van der Waals surface area contributed by atoms with E-state index in [4.69, 9.17) is 4.74 Å². The lowest BCUT2D eigenvalue weighted by Crippen LogP contribution is -2.34. The van der Waals surface area contributed by atoms with E-state index in [2.05, 4.69) is 12.2 Å². The van der Waals surface area contributed by atoms with Gasteiger partial charge in [-0.15, -0.1) is 0 Å². The lowest BCUT2D eigenvalue weighted by atomic mass is 9.87. The molecule has 0 spiro atoms. The summed E-state index contributed by atoms with van der Waals surface area (Å²) in [7, 11) is 0. The van der Waals surface area contributed by atoms with E-state index in [1.807, 2.05) is 0 Å². The first-order valence-electron chi connectivity index (χ1n) is 7.63. The number of hydrogen-bond acceptors (Lipinski definition) is 2. The van der Waals surface area contributed by atoms with Crippen molar-refractivity contribution in [2.45, 2.75) is 51.9 Å². The summed E-state index contributed by atoms with van der Waals surface area (Å²) in [6.45, 7) is 6.89. The van der Waals surface area contributed by atoms with Gasteiger partial charge < -0.3 is 10.1 Å². The molecule has 2 saturated heterocycles. The van der Waals surface area contributed by atoms with Gasteiger partial charge in [-0.25, -0.2) is 0 Å². The summed E-state index contributed by atoms with van der Waals surface area (Å²) in [4.78, 5) is 0. The molecule has 0 aromatic carbocycles. The van der Waals surface area contributed by atoms with Gasteiger partial charge in [-0.05, 0) is 56.5 Å². The zero-order valence-corrected chi connectivity index (χ0v) is 11.4. The second kappa shape index (κ2) is 7.38. The Morgan fingerprint density at radius 2 is 1.71 bits per heavy atom. The van der Waals surface area contributed by atoms with E-state index in [9.17, 15) is 0 Å². The van der Waals surface area contributed by atoms with Crippen LogP contribution in [-0.4, -0.2) is 26.3 Å². The summed E-state index contributed by atoms with van der Waals surface area (Å²) in [6.07, 6.45) is 9.83. The fraction of sp³-hybridized carbons (Fsp3) is 1.00. The highest BCUT2D eigenvalue weighted by atomic mass is 16.5. The van der Waals surface area contributed by atoms with Crippen LogP contribution in [0.3, 0.4) is 0 Å². The molecule has 0 saturated carbocycles. The van der Waals surface area contributed by atoms with Gasteiger partial charge in [-0.2, -0.15) is 0 Å².